The molecule has 1 aromatic heterocycles. The van der Waals surface area contributed by atoms with Crippen LogP contribution in [0.25, 0.3) is 0 Å². The van der Waals surface area contributed by atoms with Crippen LogP contribution in [0.15, 0.2) is 4.79 Å². The molecule has 0 amide bonds. The number of nitrogen functional groups attached to an aromatic ring is 1. The summed E-state index contributed by atoms with van der Waals surface area (Å²) < 4.78 is 0. The van der Waals surface area contributed by atoms with Gasteiger partial charge in [-0.2, -0.15) is 0 Å². The van der Waals surface area contributed by atoms with Gasteiger partial charge < -0.3 is 16.0 Å². The smallest absolute Gasteiger partial charge is 0.255 e. The minimum atomic E-state index is -0.106. The van der Waals surface area contributed by atoms with Gasteiger partial charge in [0.05, 0.1) is 0 Å². The largest absolute Gasteiger partial charge is 0.369 e. The van der Waals surface area contributed by atoms with Crippen molar-refractivity contribution in [2.45, 2.75) is 13.3 Å². The number of H-pyrrole nitrogens is 1. The second-order valence-electron chi connectivity index (χ2n) is 4.36. The number of piperazine rings is 1. The molecule has 2 rings (SSSR count). The molecule has 0 bridgehead atoms. The highest BCUT2D eigenvalue weighted by Gasteiger charge is 2.12. The van der Waals surface area contributed by atoms with E-state index < -0.39 is 0 Å². The monoisotopic (exact) mass is 237 g/mol. The van der Waals surface area contributed by atoms with Crippen LogP contribution in [0, 0.1) is 6.92 Å². The number of hydrogen-bond donors (Lipinski definition) is 3. The molecule has 0 atom stereocenters. The Morgan fingerprint density at radius 2 is 2.12 bits per heavy atom. The molecular formula is C11H19N5O. The van der Waals surface area contributed by atoms with Crippen molar-refractivity contribution >= 4 is 5.95 Å². The van der Waals surface area contributed by atoms with E-state index in [1.807, 2.05) is 6.92 Å². The molecule has 0 aromatic carbocycles. The van der Waals surface area contributed by atoms with Crippen LogP contribution >= 0.6 is 0 Å². The van der Waals surface area contributed by atoms with Gasteiger partial charge in [0.25, 0.3) is 5.56 Å². The first-order valence-corrected chi connectivity index (χ1v) is 5.95. The number of hydrogen-bond acceptors (Lipinski definition) is 5. The van der Waals surface area contributed by atoms with Crippen molar-refractivity contribution in [1.29, 1.82) is 0 Å². The van der Waals surface area contributed by atoms with E-state index in [1.165, 1.54) is 0 Å². The lowest BCUT2D eigenvalue weighted by Crippen LogP contribution is -2.44. The fourth-order valence-corrected chi connectivity index (χ4v) is 2.13. The summed E-state index contributed by atoms with van der Waals surface area (Å²) in [6.07, 6.45) is 0.731. The van der Waals surface area contributed by atoms with Crippen molar-refractivity contribution in [2.24, 2.45) is 0 Å². The maximum Gasteiger partial charge on any atom is 0.255 e. The van der Waals surface area contributed by atoms with Gasteiger partial charge in [0.15, 0.2) is 0 Å². The fraction of sp³-hybridized carbons (Fsp3) is 0.636. The second-order valence-corrected chi connectivity index (χ2v) is 4.36. The Kier molecular flexibility index (Phi) is 3.75. The summed E-state index contributed by atoms with van der Waals surface area (Å²) in [5.74, 6) is 0.193. The minimum Gasteiger partial charge on any atom is -0.369 e. The van der Waals surface area contributed by atoms with E-state index in [-0.39, 0.29) is 11.5 Å². The van der Waals surface area contributed by atoms with E-state index >= 15 is 0 Å². The van der Waals surface area contributed by atoms with Crippen LogP contribution in [0.5, 0.6) is 0 Å². The summed E-state index contributed by atoms with van der Waals surface area (Å²) in [7, 11) is 0. The van der Waals surface area contributed by atoms with E-state index in [0.29, 0.717) is 0 Å². The highest BCUT2D eigenvalue weighted by Crippen LogP contribution is 2.03. The summed E-state index contributed by atoms with van der Waals surface area (Å²) in [6, 6.07) is 0. The Morgan fingerprint density at radius 1 is 1.41 bits per heavy atom. The molecule has 0 aliphatic carbocycles. The lowest BCUT2D eigenvalue weighted by molar-refractivity contribution is 0.243. The summed E-state index contributed by atoms with van der Waals surface area (Å²) >= 11 is 0. The van der Waals surface area contributed by atoms with Gasteiger partial charge in [-0.1, -0.05) is 0 Å². The first kappa shape index (κ1) is 12.1. The van der Waals surface area contributed by atoms with E-state index in [2.05, 4.69) is 20.2 Å². The molecule has 0 saturated carbocycles. The van der Waals surface area contributed by atoms with Crippen molar-refractivity contribution in [3.8, 4) is 0 Å². The van der Waals surface area contributed by atoms with E-state index in [4.69, 9.17) is 5.73 Å². The summed E-state index contributed by atoms with van der Waals surface area (Å²) in [5, 5.41) is 3.30. The van der Waals surface area contributed by atoms with Crippen molar-refractivity contribution in [3.05, 3.63) is 21.6 Å². The van der Waals surface area contributed by atoms with Crippen LogP contribution < -0.4 is 16.6 Å². The van der Waals surface area contributed by atoms with Gasteiger partial charge in [-0.25, -0.2) is 4.98 Å². The molecule has 94 valence electrons. The zero-order chi connectivity index (χ0) is 12.3. The van der Waals surface area contributed by atoms with Gasteiger partial charge in [-0.15, -0.1) is 0 Å². The average Bonchev–Trinajstić information content (AvgIpc) is 2.29. The normalized spacial score (nSPS) is 17.2. The zero-order valence-corrected chi connectivity index (χ0v) is 10.1. The van der Waals surface area contributed by atoms with Crippen molar-refractivity contribution in [1.82, 2.24) is 20.2 Å². The predicted octanol–water partition coefficient (Wildman–Crippen LogP) is -0.892. The SMILES string of the molecule is Cc1nc(N)[nH]c(=O)c1CCN1CCNCC1. The number of nitrogens with two attached hydrogens (primary N) is 1. The third-order valence-electron chi connectivity index (χ3n) is 3.13. The third kappa shape index (κ3) is 3.04. The summed E-state index contributed by atoms with van der Waals surface area (Å²) in [6.45, 7) is 6.86. The van der Waals surface area contributed by atoms with Gasteiger partial charge in [-0.05, 0) is 13.3 Å². The van der Waals surface area contributed by atoms with Crippen molar-refractivity contribution in [2.75, 3.05) is 38.5 Å². The van der Waals surface area contributed by atoms with Crippen molar-refractivity contribution in [3.63, 3.8) is 0 Å². The van der Waals surface area contributed by atoms with Crippen LogP contribution in [-0.4, -0.2) is 47.6 Å². The number of aromatic nitrogens is 2. The number of anilines is 1. The Balaban J connectivity index is 2.01. The molecule has 0 spiro atoms. The lowest BCUT2D eigenvalue weighted by Gasteiger charge is -2.27. The lowest BCUT2D eigenvalue weighted by atomic mass is 10.1. The molecule has 1 aliphatic rings. The summed E-state index contributed by atoms with van der Waals surface area (Å²) in [4.78, 5) is 20.7. The van der Waals surface area contributed by atoms with Gasteiger partial charge in [-0.3, -0.25) is 9.78 Å². The number of aromatic amines is 1. The third-order valence-corrected chi connectivity index (χ3v) is 3.13. The standard InChI is InChI=1S/C11H19N5O/c1-8-9(10(17)15-11(12)14-8)2-5-16-6-3-13-4-7-16/h13H,2-7H2,1H3,(H3,12,14,15,17). The quantitative estimate of drug-likeness (QED) is 0.635. The Bertz CT molecular complexity index is 436. The molecule has 2 heterocycles. The molecule has 0 unspecified atom stereocenters. The van der Waals surface area contributed by atoms with Gasteiger partial charge in [0, 0.05) is 44.0 Å². The maximum absolute atomic E-state index is 11.7. The molecule has 0 radical (unpaired) electrons. The fourth-order valence-electron chi connectivity index (χ4n) is 2.13. The number of aryl methyl sites for hydroxylation is 1. The van der Waals surface area contributed by atoms with E-state index in [9.17, 15) is 4.79 Å². The Morgan fingerprint density at radius 3 is 2.76 bits per heavy atom. The highest BCUT2D eigenvalue weighted by atomic mass is 16.1. The van der Waals surface area contributed by atoms with Crippen LogP contribution in [0.2, 0.25) is 0 Å². The van der Waals surface area contributed by atoms with Gasteiger partial charge >= 0.3 is 0 Å². The Labute approximate surface area is 100 Å². The number of nitrogens with one attached hydrogen (secondary N) is 2. The molecule has 1 aromatic rings. The van der Waals surface area contributed by atoms with Crippen LogP contribution in [-0.2, 0) is 6.42 Å². The maximum atomic E-state index is 11.7. The zero-order valence-electron chi connectivity index (χ0n) is 10.1. The molecule has 4 N–H and O–H groups in total. The molecular weight excluding hydrogens is 218 g/mol. The number of rotatable bonds is 3. The van der Waals surface area contributed by atoms with Crippen molar-refractivity contribution < 1.29 is 0 Å². The van der Waals surface area contributed by atoms with Gasteiger partial charge in [0.2, 0.25) is 5.95 Å². The predicted molar refractivity (Wildman–Crippen MR) is 67.0 cm³/mol. The van der Waals surface area contributed by atoms with Crippen LogP contribution in [0.4, 0.5) is 5.95 Å². The minimum absolute atomic E-state index is 0.106. The molecule has 6 heteroatoms. The van der Waals surface area contributed by atoms with Gasteiger partial charge in [0.1, 0.15) is 0 Å². The molecule has 17 heavy (non-hydrogen) atoms. The summed E-state index contributed by atoms with van der Waals surface area (Å²) in [5.41, 5.74) is 6.86. The topological polar surface area (TPSA) is 87.0 Å². The molecule has 1 aliphatic heterocycles. The van der Waals surface area contributed by atoms with Crippen LogP contribution in [0.1, 0.15) is 11.3 Å². The first-order chi connectivity index (χ1) is 8.16. The number of nitrogens with zero attached hydrogens (tertiary/aromatic N) is 2. The second kappa shape index (κ2) is 5.29. The molecule has 1 saturated heterocycles. The molecule has 6 nitrogen and oxygen atoms in total. The Hall–Kier alpha value is -1.40. The van der Waals surface area contributed by atoms with Crippen LogP contribution in [0.3, 0.4) is 0 Å². The van der Waals surface area contributed by atoms with E-state index in [1.54, 1.807) is 0 Å². The average molecular weight is 237 g/mol. The highest BCUT2D eigenvalue weighted by molar-refractivity contribution is 5.24. The van der Waals surface area contributed by atoms with E-state index in [0.717, 1.165) is 50.4 Å². The molecule has 1 fully saturated rings. The first-order valence-electron chi connectivity index (χ1n) is 5.95.